The molecule has 4 rings (SSSR count). The van der Waals surface area contributed by atoms with Crippen LogP contribution in [0.25, 0.3) is 11.1 Å². The van der Waals surface area contributed by atoms with E-state index in [9.17, 15) is 5.11 Å². The van der Waals surface area contributed by atoms with Crippen molar-refractivity contribution in [2.45, 2.75) is 37.7 Å². The summed E-state index contributed by atoms with van der Waals surface area (Å²) in [5, 5.41) is 14.2. The minimum Gasteiger partial charge on any atom is -0.393 e. The average molecular weight is 399 g/mol. The standard InChI is InChI=1S/C24H31ClN2O/c25-22-9-5-19(6-10-22)18-1-3-20(4-2-18)24(17-27-15-13-26-14-16-27)21-7-11-23(28)12-8-21/h1-6,9-10,21,23-24,26,28H,7-8,11-17H2. The summed E-state index contributed by atoms with van der Waals surface area (Å²) in [5.74, 6) is 1.21. The first-order valence-corrected chi connectivity index (χ1v) is 11.0. The summed E-state index contributed by atoms with van der Waals surface area (Å²) in [4.78, 5) is 2.61. The number of nitrogens with zero attached hydrogens (tertiary/aromatic N) is 1. The maximum absolute atomic E-state index is 9.95. The van der Waals surface area contributed by atoms with Crippen LogP contribution >= 0.6 is 11.6 Å². The van der Waals surface area contributed by atoms with Crippen molar-refractivity contribution < 1.29 is 5.11 Å². The van der Waals surface area contributed by atoms with Gasteiger partial charge in [0.15, 0.2) is 0 Å². The van der Waals surface area contributed by atoms with Crippen LogP contribution in [-0.4, -0.2) is 48.8 Å². The van der Waals surface area contributed by atoms with E-state index in [-0.39, 0.29) is 6.10 Å². The van der Waals surface area contributed by atoms with Crippen molar-refractivity contribution in [3.05, 3.63) is 59.1 Å². The van der Waals surface area contributed by atoms with Crippen LogP contribution in [0.5, 0.6) is 0 Å². The zero-order valence-electron chi connectivity index (χ0n) is 16.5. The molecule has 0 bridgehead atoms. The van der Waals surface area contributed by atoms with Gasteiger partial charge in [0, 0.05) is 37.7 Å². The van der Waals surface area contributed by atoms with Gasteiger partial charge in [-0.05, 0) is 66.3 Å². The summed E-state index contributed by atoms with van der Waals surface area (Å²) in [6, 6.07) is 17.2. The smallest absolute Gasteiger partial charge is 0.0540 e. The van der Waals surface area contributed by atoms with Gasteiger partial charge in [0.05, 0.1) is 6.10 Å². The molecule has 0 amide bonds. The van der Waals surface area contributed by atoms with E-state index >= 15 is 0 Å². The number of aliphatic hydroxyl groups is 1. The van der Waals surface area contributed by atoms with Gasteiger partial charge in [-0.1, -0.05) is 48.0 Å². The van der Waals surface area contributed by atoms with Crippen molar-refractivity contribution >= 4 is 11.6 Å². The van der Waals surface area contributed by atoms with Crippen LogP contribution in [0.4, 0.5) is 0 Å². The fourth-order valence-corrected chi connectivity index (χ4v) is 4.89. The second-order valence-electron chi connectivity index (χ2n) is 8.35. The third kappa shape index (κ3) is 4.96. The highest BCUT2D eigenvalue weighted by Crippen LogP contribution is 2.37. The van der Waals surface area contributed by atoms with E-state index < -0.39 is 0 Å². The molecule has 28 heavy (non-hydrogen) atoms. The second kappa shape index (κ2) is 9.41. The molecule has 0 aromatic heterocycles. The maximum Gasteiger partial charge on any atom is 0.0540 e. The number of benzene rings is 2. The second-order valence-corrected chi connectivity index (χ2v) is 8.79. The molecule has 1 saturated carbocycles. The molecule has 2 N–H and O–H groups in total. The Balaban J connectivity index is 1.53. The van der Waals surface area contributed by atoms with Gasteiger partial charge in [0.1, 0.15) is 0 Å². The molecule has 1 saturated heterocycles. The highest BCUT2D eigenvalue weighted by Gasteiger charge is 2.29. The van der Waals surface area contributed by atoms with Crippen molar-refractivity contribution in [2.75, 3.05) is 32.7 Å². The Kier molecular flexibility index (Phi) is 6.69. The third-order valence-corrected chi connectivity index (χ3v) is 6.74. The van der Waals surface area contributed by atoms with Gasteiger partial charge in [0.25, 0.3) is 0 Å². The normalized spacial score (nSPS) is 24.8. The van der Waals surface area contributed by atoms with Crippen LogP contribution in [0.1, 0.15) is 37.2 Å². The number of halogens is 1. The van der Waals surface area contributed by atoms with Gasteiger partial charge in [-0.25, -0.2) is 0 Å². The predicted octanol–water partition coefficient (Wildman–Crippen LogP) is 4.55. The fraction of sp³-hybridized carbons (Fsp3) is 0.500. The molecule has 2 aromatic carbocycles. The van der Waals surface area contributed by atoms with Gasteiger partial charge < -0.3 is 15.3 Å². The molecule has 2 aliphatic rings. The lowest BCUT2D eigenvalue weighted by molar-refractivity contribution is 0.0932. The molecule has 0 spiro atoms. The van der Waals surface area contributed by atoms with E-state index in [2.05, 4.69) is 46.6 Å². The Morgan fingerprint density at radius 1 is 0.893 bits per heavy atom. The summed E-state index contributed by atoms with van der Waals surface area (Å²) in [6.07, 6.45) is 4.08. The number of rotatable bonds is 5. The van der Waals surface area contributed by atoms with Crippen molar-refractivity contribution in [3.8, 4) is 11.1 Å². The molecule has 150 valence electrons. The minimum absolute atomic E-state index is 0.0941. The quantitative estimate of drug-likeness (QED) is 0.775. The third-order valence-electron chi connectivity index (χ3n) is 6.49. The van der Waals surface area contributed by atoms with Gasteiger partial charge in [0.2, 0.25) is 0 Å². The number of hydrogen-bond donors (Lipinski definition) is 2. The van der Waals surface area contributed by atoms with Crippen molar-refractivity contribution in [2.24, 2.45) is 5.92 Å². The number of aliphatic hydroxyl groups excluding tert-OH is 1. The lowest BCUT2D eigenvalue weighted by Gasteiger charge is -2.37. The number of nitrogens with one attached hydrogen (secondary N) is 1. The molecular weight excluding hydrogens is 368 g/mol. The molecule has 1 aliphatic heterocycles. The van der Waals surface area contributed by atoms with E-state index in [4.69, 9.17) is 11.6 Å². The largest absolute Gasteiger partial charge is 0.393 e. The Morgan fingerprint density at radius 3 is 2.07 bits per heavy atom. The topological polar surface area (TPSA) is 35.5 Å². The van der Waals surface area contributed by atoms with Crippen molar-refractivity contribution in [3.63, 3.8) is 0 Å². The zero-order chi connectivity index (χ0) is 19.3. The minimum atomic E-state index is -0.0941. The molecule has 2 aromatic rings. The van der Waals surface area contributed by atoms with Gasteiger partial charge in [-0.3, -0.25) is 0 Å². The zero-order valence-corrected chi connectivity index (χ0v) is 17.2. The summed E-state index contributed by atoms with van der Waals surface area (Å²) in [6.45, 7) is 5.57. The first-order valence-electron chi connectivity index (χ1n) is 10.7. The molecule has 1 unspecified atom stereocenters. The SMILES string of the molecule is OC1CCC(C(CN2CCNCC2)c2ccc(-c3ccc(Cl)cc3)cc2)CC1. The average Bonchev–Trinajstić information content (AvgIpc) is 2.74. The lowest BCUT2D eigenvalue weighted by atomic mass is 9.75. The highest BCUT2D eigenvalue weighted by atomic mass is 35.5. The maximum atomic E-state index is 9.95. The Bertz CT molecular complexity index is 732. The predicted molar refractivity (Wildman–Crippen MR) is 117 cm³/mol. The first kappa shape index (κ1) is 19.9. The summed E-state index contributed by atoms with van der Waals surface area (Å²) >= 11 is 6.03. The van der Waals surface area contributed by atoms with E-state index in [0.717, 1.165) is 63.4 Å². The Labute approximate surface area is 173 Å². The molecule has 1 heterocycles. The van der Waals surface area contributed by atoms with E-state index in [1.807, 2.05) is 12.1 Å². The number of hydrogen-bond acceptors (Lipinski definition) is 3. The Hall–Kier alpha value is -1.39. The monoisotopic (exact) mass is 398 g/mol. The van der Waals surface area contributed by atoms with Crippen LogP contribution in [0, 0.1) is 5.92 Å². The molecule has 3 nitrogen and oxygen atoms in total. The summed E-state index contributed by atoms with van der Waals surface area (Å²) < 4.78 is 0. The van der Waals surface area contributed by atoms with Crippen LogP contribution in [0.15, 0.2) is 48.5 Å². The fourth-order valence-electron chi connectivity index (χ4n) is 4.77. The summed E-state index contributed by atoms with van der Waals surface area (Å²) in [7, 11) is 0. The molecule has 1 aliphatic carbocycles. The van der Waals surface area contributed by atoms with Crippen LogP contribution in [0.2, 0.25) is 5.02 Å². The van der Waals surface area contributed by atoms with Gasteiger partial charge in [-0.15, -0.1) is 0 Å². The molecular formula is C24H31ClN2O. The molecule has 2 fully saturated rings. The van der Waals surface area contributed by atoms with E-state index in [0.29, 0.717) is 11.8 Å². The van der Waals surface area contributed by atoms with Crippen molar-refractivity contribution in [1.29, 1.82) is 0 Å². The molecule has 0 radical (unpaired) electrons. The van der Waals surface area contributed by atoms with Gasteiger partial charge in [-0.2, -0.15) is 0 Å². The number of piperazine rings is 1. The highest BCUT2D eigenvalue weighted by molar-refractivity contribution is 6.30. The molecule has 4 heteroatoms. The van der Waals surface area contributed by atoms with E-state index in [1.54, 1.807) is 0 Å². The van der Waals surface area contributed by atoms with Crippen molar-refractivity contribution in [1.82, 2.24) is 10.2 Å². The van der Waals surface area contributed by atoms with E-state index in [1.165, 1.54) is 16.7 Å². The molecule has 1 atom stereocenters. The summed E-state index contributed by atoms with van der Waals surface area (Å²) in [5.41, 5.74) is 3.88. The van der Waals surface area contributed by atoms with Gasteiger partial charge >= 0.3 is 0 Å². The lowest BCUT2D eigenvalue weighted by Crippen LogP contribution is -2.46. The van der Waals surface area contributed by atoms with Crippen LogP contribution in [-0.2, 0) is 0 Å². The first-order chi connectivity index (χ1) is 13.7. The van der Waals surface area contributed by atoms with Crippen LogP contribution < -0.4 is 5.32 Å². The Morgan fingerprint density at radius 2 is 1.46 bits per heavy atom. The van der Waals surface area contributed by atoms with Crippen LogP contribution in [0.3, 0.4) is 0 Å².